The molecule has 27 heavy (non-hydrogen) atoms. The van der Waals surface area contributed by atoms with Gasteiger partial charge in [0.05, 0.1) is 11.4 Å². The van der Waals surface area contributed by atoms with E-state index in [0.717, 1.165) is 16.6 Å². The van der Waals surface area contributed by atoms with Crippen LogP contribution in [-0.4, -0.2) is 35.0 Å². The average molecular weight is 359 g/mol. The Morgan fingerprint density at radius 1 is 1.04 bits per heavy atom. The van der Waals surface area contributed by atoms with Gasteiger partial charge in [0.25, 0.3) is 11.1 Å². The van der Waals surface area contributed by atoms with Crippen molar-refractivity contribution in [3.05, 3.63) is 68.9 Å². The molecule has 5 rings (SSSR count). The Labute approximate surface area is 150 Å². The summed E-state index contributed by atoms with van der Waals surface area (Å²) in [6.45, 7) is 1.93. The molecule has 0 bridgehead atoms. The lowest BCUT2D eigenvalue weighted by molar-refractivity contribution is 0.884. The monoisotopic (exact) mass is 359 g/mol. The maximum atomic E-state index is 12.6. The number of hydrogen-bond donors (Lipinski definition) is 3. The summed E-state index contributed by atoms with van der Waals surface area (Å²) in [6, 6.07) is 10.5. The first kappa shape index (κ1) is 15.3. The molecule has 1 aromatic carbocycles. The molecule has 0 fully saturated rings. The molecule has 4 aromatic heterocycles. The summed E-state index contributed by atoms with van der Waals surface area (Å²) in [5, 5.41) is 13.3. The fraction of sp³-hybridized carbons (Fsp3) is 0.0556. The number of aryl methyl sites for hydroxylation is 1. The molecule has 0 unspecified atom stereocenters. The predicted molar refractivity (Wildman–Crippen MR) is 99.5 cm³/mol. The second-order valence-corrected chi connectivity index (χ2v) is 6.22. The lowest BCUT2D eigenvalue weighted by Gasteiger charge is -2.07. The number of nitrogens with zero attached hydrogens (tertiary/aromatic N) is 4. The van der Waals surface area contributed by atoms with Crippen molar-refractivity contribution in [2.24, 2.45) is 0 Å². The Morgan fingerprint density at radius 3 is 2.63 bits per heavy atom. The van der Waals surface area contributed by atoms with Crippen LogP contribution in [0.25, 0.3) is 39.2 Å². The van der Waals surface area contributed by atoms with Crippen LogP contribution < -0.4 is 11.1 Å². The third-order valence-corrected chi connectivity index (χ3v) is 4.52. The molecule has 0 spiro atoms. The Bertz CT molecular complexity index is 1420. The summed E-state index contributed by atoms with van der Waals surface area (Å²) in [7, 11) is 0. The van der Waals surface area contributed by atoms with Gasteiger partial charge in [0.1, 0.15) is 22.2 Å². The molecule has 9 nitrogen and oxygen atoms in total. The van der Waals surface area contributed by atoms with E-state index in [1.165, 1.54) is 10.6 Å². The number of benzene rings is 1. The highest BCUT2D eigenvalue weighted by Crippen LogP contribution is 2.26. The van der Waals surface area contributed by atoms with Crippen LogP contribution in [0.15, 0.2) is 52.2 Å². The Kier molecular flexibility index (Phi) is 3.11. The molecule has 0 aliphatic rings. The van der Waals surface area contributed by atoms with E-state index in [1.807, 2.05) is 19.1 Å². The van der Waals surface area contributed by atoms with Gasteiger partial charge in [-0.15, -0.1) is 0 Å². The molecule has 0 saturated carbocycles. The molecule has 4 heterocycles. The number of aromatic amines is 3. The third kappa shape index (κ3) is 2.29. The molecule has 132 valence electrons. The van der Waals surface area contributed by atoms with Crippen molar-refractivity contribution in [1.82, 2.24) is 35.0 Å². The molecular formula is C18H13N7O2. The van der Waals surface area contributed by atoms with Crippen molar-refractivity contribution >= 4 is 16.7 Å². The highest BCUT2D eigenvalue weighted by atomic mass is 16.1. The fourth-order valence-electron chi connectivity index (χ4n) is 3.24. The van der Waals surface area contributed by atoms with E-state index in [1.54, 1.807) is 24.4 Å². The predicted octanol–water partition coefficient (Wildman–Crippen LogP) is 1.62. The molecule has 0 radical (unpaired) electrons. The van der Waals surface area contributed by atoms with Crippen molar-refractivity contribution in [2.45, 2.75) is 6.92 Å². The van der Waals surface area contributed by atoms with E-state index >= 15 is 0 Å². The molecule has 0 amide bonds. The molecule has 0 aliphatic carbocycles. The number of pyridine rings is 1. The first-order valence-electron chi connectivity index (χ1n) is 8.23. The van der Waals surface area contributed by atoms with E-state index in [0.29, 0.717) is 28.1 Å². The van der Waals surface area contributed by atoms with Crippen molar-refractivity contribution in [3.63, 3.8) is 0 Å². The zero-order valence-corrected chi connectivity index (χ0v) is 14.1. The number of hydrogen-bond acceptors (Lipinski definition) is 5. The summed E-state index contributed by atoms with van der Waals surface area (Å²) in [5.74, 6) is 0. The topological polar surface area (TPSA) is 125 Å². The number of H-pyrrole nitrogens is 3. The average Bonchev–Trinajstić information content (AvgIpc) is 3.25. The molecule has 9 heteroatoms. The zero-order valence-electron chi connectivity index (χ0n) is 14.1. The molecule has 3 N–H and O–H groups in total. The van der Waals surface area contributed by atoms with Crippen LogP contribution in [0, 0.1) is 6.92 Å². The SMILES string of the molecule is Cc1cc2n[nH]nc2cc1-c1cc(=O)n2[nH]c(=O)c(-c3ccccn3)c2[nH]1. The molecule has 0 atom stereocenters. The molecule has 5 aromatic rings. The van der Waals surface area contributed by atoms with Gasteiger partial charge >= 0.3 is 0 Å². The van der Waals surface area contributed by atoms with E-state index < -0.39 is 0 Å². The largest absolute Gasteiger partial charge is 0.339 e. The van der Waals surface area contributed by atoms with E-state index in [9.17, 15) is 9.59 Å². The third-order valence-electron chi connectivity index (χ3n) is 4.52. The molecule has 0 aliphatic heterocycles. The molecule has 0 saturated heterocycles. The quantitative estimate of drug-likeness (QED) is 0.442. The minimum atomic E-state index is -0.386. The van der Waals surface area contributed by atoms with Crippen LogP contribution in [0.2, 0.25) is 0 Å². The number of rotatable bonds is 2. The highest BCUT2D eigenvalue weighted by molar-refractivity contribution is 5.83. The van der Waals surface area contributed by atoms with E-state index in [-0.39, 0.29) is 11.1 Å². The van der Waals surface area contributed by atoms with Gasteiger partial charge in [-0.3, -0.25) is 19.7 Å². The Hall–Kier alpha value is -4.01. The van der Waals surface area contributed by atoms with Crippen molar-refractivity contribution < 1.29 is 0 Å². The first-order valence-corrected chi connectivity index (χ1v) is 8.23. The van der Waals surface area contributed by atoms with Crippen LogP contribution >= 0.6 is 0 Å². The normalized spacial score (nSPS) is 11.4. The van der Waals surface area contributed by atoms with Gasteiger partial charge in [0.15, 0.2) is 0 Å². The Morgan fingerprint density at radius 2 is 1.85 bits per heavy atom. The summed E-state index contributed by atoms with van der Waals surface area (Å²) < 4.78 is 1.19. The van der Waals surface area contributed by atoms with Gasteiger partial charge in [-0.1, -0.05) is 6.07 Å². The van der Waals surface area contributed by atoms with Gasteiger partial charge in [0, 0.05) is 17.8 Å². The maximum Gasteiger partial charge on any atom is 0.276 e. The van der Waals surface area contributed by atoms with E-state index in [4.69, 9.17) is 0 Å². The van der Waals surface area contributed by atoms with Gasteiger partial charge in [0.2, 0.25) is 0 Å². The minimum absolute atomic E-state index is 0.315. The van der Waals surface area contributed by atoms with Gasteiger partial charge in [-0.25, -0.2) is 0 Å². The number of aromatic nitrogens is 7. The first-order chi connectivity index (χ1) is 13.1. The van der Waals surface area contributed by atoms with Crippen LogP contribution in [0.5, 0.6) is 0 Å². The van der Waals surface area contributed by atoms with Crippen LogP contribution in [0.4, 0.5) is 0 Å². The summed E-state index contributed by atoms with van der Waals surface area (Å²) >= 11 is 0. The van der Waals surface area contributed by atoms with Crippen LogP contribution in [-0.2, 0) is 0 Å². The lowest BCUT2D eigenvalue weighted by Crippen LogP contribution is -2.16. The minimum Gasteiger partial charge on any atom is -0.339 e. The number of nitrogens with one attached hydrogen (secondary N) is 3. The number of fused-ring (bicyclic) bond motifs is 2. The standard InChI is InChI=1S/C18H13N7O2/c1-9-6-13-14(22-24-21-13)7-10(9)12-8-15(26)25-17(20-12)16(18(27)23-25)11-4-2-3-5-19-11/h2-8,20H,1H3,(H,23,27)(H,21,22,24). The summed E-state index contributed by atoms with van der Waals surface area (Å²) in [5.41, 5.74) is 4.16. The van der Waals surface area contributed by atoms with Crippen molar-refractivity contribution in [3.8, 4) is 22.5 Å². The second kappa shape index (κ2) is 5.49. The van der Waals surface area contributed by atoms with Gasteiger partial charge in [-0.05, 0) is 36.8 Å². The Balaban J connectivity index is 1.83. The van der Waals surface area contributed by atoms with Crippen molar-refractivity contribution in [1.29, 1.82) is 0 Å². The summed E-state index contributed by atoms with van der Waals surface area (Å²) in [6.07, 6.45) is 1.60. The lowest BCUT2D eigenvalue weighted by atomic mass is 10.0. The molecular weight excluding hydrogens is 346 g/mol. The van der Waals surface area contributed by atoms with Crippen molar-refractivity contribution in [2.75, 3.05) is 0 Å². The smallest absolute Gasteiger partial charge is 0.276 e. The van der Waals surface area contributed by atoms with Crippen LogP contribution in [0.1, 0.15) is 5.56 Å². The van der Waals surface area contributed by atoms with Crippen LogP contribution in [0.3, 0.4) is 0 Å². The highest BCUT2D eigenvalue weighted by Gasteiger charge is 2.17. The summed E-state index contributed by atoms with van der Waals surface area (Å²) in [4.78, 5) is 32.5. The maximum absolute atomic E-state index is 12.6. The van der Waals surface area contributed by atoms with Gasteiger partial charge in [-0.2, -0.15) is 19.9 Å². The van der Waals surface area contributed by atoms with Gasteiger partial charge < -0.3 is 4.98 Å². The van der Waals surface area contributed by atoms with E-state index in [2.05, 4.69) is 30.5 Å². The zero-order chi connectivity index (χ0) is 18.5. The second-order valence-electron chi connectivity index (χ2n) is 6.22. The fourth-order valence-corrected chi connectivity index (χ4v) is 3.24.